The number of aromatic hydroxyl groups is 1. The molecule has 2 aromatic rings. The number of carbonyl (C=O) groups is 1. The summed E-state index contributed by atoms with van der Waals surface area (Å²) in [6.07, 6.45) is 0.801. The number of hydrogen-bond donors (Lipinski definition) is 1. The Bertz CT molecular complexity index is 861. The average Bonchev–Trinajstić information content (AvgIpc) is 3.18. The van der Waals surface area contributed by atoms with Crippen molar-refractivity contribution < 1.29 is 24.1 Å². The van der Waals surface area contributed by atoms with E-state index in [1.54, 1.807) is 43.5 Å². The summed E-state index contributed by atoms with van der Waals surface area (Å²) < 4.78 is 16.1. The highest BCUT2D eigenvalue weighted by molar-refractivity contribution is 6.02. The molecule has 0 bridgehead atoms. The van der Waals surface area contributed by atoms with E-state index < -0.39 is 0 Å². The summed E-state index contributed by atoms with van der Waals surface area (Å²) in [5.41, 5.74) is 2.42. The Morgan fingerprint density at radius 2 is 1.74 bits per heavy atom. The second-order valence-corrected chi connectivity index (χ2v) is 6.03. The predicted molar refractivity (Wildman–Crippen MR) is 101 cm³/mol. The molecule has 0 aromatic heterocycles. The number of amides is 1. The highest BCUT2D eigenvalue weighted by Gasteiger charge is 2.24. The van der Waals surface area contributed by atoms with Gasteiger partial charge < -0.3 is 19.3 Å². The summed E-state index contributed by atoms with van der Waals surface area (Å²) in [6, 6.07) is 10.3. The fourth-order valence-electron chi connectivity index (χ4n) is 3.05. The number of carbonyl (C=O) groups excluding carboxylic acids is 1. The lowest BCUT2D eigenvalue weighted by molar-refractivity contribution is -0.130. The standard InChI is InChI=1S/C20H22N2O5/c1-25-17-9-6-14(19(26-2)20(17)27-3)12-18(24)22-11-10-16(21-22)13-4-7-15(23)8-5-13/h4-9,23H,10-12H2,1-3H3. The van der Waals surface area contributed by atoms with Gasteiger partial charge in [0.25, 0.3) is 0 Å². The third kappa shape index (κ3) is 3.81. The molecule has 0 fully saturated rings. The van der Waals surface area contributed by atoms with Gasteiger partial charge in [-0.05, 0) is 35.9 Å². The van der Waals surface area contributed by atoms with Crippen molar-refractivity contribution in [3.63, 3.8) is 0 Å². The highest BCUT2D eigenvalue weighted by Crippen LogP contribution is 2.40. The van der Waals surface area contributed by atoms with Crippen molar-refractivity contribution in [3.05, 3.63) is 47.5 Å². The molecule has 1 heterocycles. The minimum Gasteiger partial charge on any atom is -0.508 e. The van der Waals surface area contributed by atoms with Gasteiger partial charge >= 0.3 is 0 Å². The molecule has 1 aliphatic heterocycles. The van der Waals surface area contributed by atoms with E-state index in [1.807, 2.05) is 0 Å². The van der Waals surface area contributed by atoms with Crippen molar-refractivity contribution >= 4 is 11.6 Å². The molecular weight excluding hydrogens is 348 g/mol. The number of phenols is 1. The van der Waals surface area contributed by atoms with Crippen LogP contribution in [0.25, 0.3) is 0 Å². The lowest BCUT2D eigenvalue weighted by Crippen LogP contribution is -2.25. The Kier molecular flexibility index (Phi) is 5.49. The van der Waals surface area contributed by atoms with Crippen LogP contribution in [0.5, 0.6) is 23.0 Å². The number of phenolic OH excluding ortho intramolecular Hbond substituents is 1. The molecule has 142 valence electrons. The van der Waals surface area contributed by atoms with Crippen LogP contribution in [-0.4, -0.2) is 49.6 Å². The first-order valence-electron chi connectivity index (χ1n) is 8.52. The van der Waals surface area contributed by atoms with Gasteiger partial charge in [-0.2, -0.15) is 5.10 Å². The van der Waals surface area contributed by atoms with Gasteiger partial charge in [-0.25, -0.2) is 5.01 Å². The van der Waals surface area contributed by atoms with Crippen LogP contribution >= 0.6 is 0 Å². The summed E-state index contributed by atoms with van der Waals surface area (Å²) in [5, 5.41) is 15.3. The molecule has 1 N–H and O–H groups in total. The number of methoxy groups -OCH3 is 3. The van der Waals surface area contributed by atoms with E-state index in [0.29, 0.717) is 35.8 Å². The minimum atomic E-state index is -0.130. The van der Waals surface area contributed by atoms with Crippen LogP contribution in [-0.2, 0) is 11.2 Å². The number of benzene rings is 2. The van der Waals surface area contributed by atoms with Crippen LogP contribution < -0.4 is 14.2 Å². The zero-order valence-corrected chi connectivity index (χ0v) is 15.6. The van der Waals surface area contributed by atoms with Crippen LogP contribution in [0.2, 0.25) is 0 Å². The smallest absolute Gasteiger partial charge is 0.247 e. The molecule has 0 spiro atoms. The van der Waals surface area contributed by atoms with E-state index >= 15 is 0 Å². The third-order valence-electron chi connectivity index (χ3n) is 4.42. The van der Waals surface area contributed by atoms with Gasteiger partial charge in [0.2, 0.25) is 11.7 Å². The topological polar surface area (TPSA) is 80.6 Å². The first-order valence-corrected chi connectivity index (χ1v) is 8.52. The first kappa shape index (κ1) is 18.6. The fourth-order valence-corrected chi connectivity index (χ4v) is 3.05. The lowest BCUT2D eigenvalue weighted by Gasteiger charge is -2.17. The Labute approximate surface area is 157 Å². The molecule has 0 atom stereocenters. The molecule has 7 heteroatoms. The number of rotatable bonds is 6. The Hall–Kier alpha value is -3.22. The maximum Gasteiger partial charge on any atom is 0.247 e. The Morgan fingerprint density at radius 3 is 2.37 bits per heavy atom. The van der Waals surface area contributed by atoms with Crippen LogP contribution in [0, 0.1) is 0 Å². The van der Waals surface area contributed by atoms with Gasteiger partial charge in [0.1, 0.15) is 5.75 Å². The summed E-state index contributed by atoms with van der Waals surface area (Å²) in [4.78, 5) is 12.7. The van der Waals surface area contributed by atoms with E-state index in [2.05, 4.69) is 5.10 Å². The maximum absolute atomic E-state index is 12.7. The number of hydrogen-bond acceptors (Lipinski definition) is 6. The van der Waals surface area contributed by atoms with Crippen molar-refractivity contribution in [1.82, 2.24) is 5.01 Å². The summed E-state index contributed by atoms with van der Waals surface area (Å²) in [6.45, 7) is 0.519. The molecule has 0 saturated carbocycles. The zero-order chi connectivity index (χ0) is 19.4. The van der Waals surface area contributed by atoms with Crippen molar-refractivity contribution in [2.45, 2.75) is 12.8 Å². The second kappa shape index (κ2) is 7.99. The predicted octanol–water partition coefficient (Wildman–Crippen LogP) is 2.60. The summed E-state index contributed by atoms with van der Waals surface area (Å²) >= 11 is 0. The van der Waals surface area contributed by atoms with Crippen molar-refractivity contribution in [2.24, 2.45) is 5.10 Å². The van der Waals surface area contributed by atoms with Crippen LogP contribution in [0.4, 0.5) is 0 Å². The SMILES string of the molecule is COc1ccc(CC(=O)N2CCC(c3ccc(O)cc3)=N2)c(OC)c1OC. The number of nitrogens with zero attached hydrogens (tertiary/aromatic N) is 2. The molecule has 3 rings (SSSR count). The molecule has 0 radical (unpaired) electrons. The fraction of sp³-hybridized carbons (Fsp3) is 0.300. The van der Waals surface area contributed by atoms with Gasteiger partial charge in [0.15, 0.2) is 11.5 Å². The monoisotopic (exact) mass is 370 g/mol. The van der Waals surface area contributed by atoms with Crippen LogP contribution in [0.15, 0.2) is 41.5 Å². The minimum absolute atomic E-state index is 0.130. The molecule has 0 unspecified atom stereocenters. The summed E-state index contributed by atoms with van der Waals surface area (Å²) in [5.74, 6) is 1.55. The van der Waals surface area contributed by atoms with E-state index in [9.17, 15) is 9.90 Å². The number of ether oxygens (including phenoxy) is 3. The van der Waals surface area contributed by atoms with Gasteiger partial charge in [-0.1, -0.05) is 6.07 Å². The summed E-state index contributed by atoms with van der Waals surface area (Å²) in [7, 11) is 4.61. The second-order valence-electron chi connectivity index (χ2n) is 6.03. The van der Waals surface area contributed by atoms with Crippen LogP contribution in [0.3, 0.4) is 0 Å². The molecule has 1 aliphatic rings. The normalized spacial score (nSPS) is 13.3. The third-order valence-corrected chi connectivity index (χ3v) is 4.42. The van der Waals surface area contributed by atoms with Gasteiger partial charge in [0.05, 0.1) is 40.0 Å². The zero-order valence-electron chi connectivity index (χ0n) is 15.6. The van der Waals surface area contributed by atoms with Crippen molar-refractivity contribution in [1.29, 1.82) is 0 Å². The first-order chi connectivity index (χ1) is 13.1. The molecule has 7 nitrogen and oxygen atoms in total. The highest BCUT2D eigenvalue weighted by atomic mass is 16.5. The van der Waals surface area contributed by atoms with Gasteiger partial charge in [0, 0.05) is 12.0 Å². The Morgan fingerprint density at radius 1 is 1.04 bits per heavy atom. The molecule has 27 heavy (non-hydrogen) atoms. The van der Waals surface area contributed by atoms with Gasteiger partial charge in [-0.15, -0.1) is 0 Å². The number of hydrazone groups is 1. The molecule has 0 saturated heterocycles. The van der Waals surface area contributed by atoms with E-state index in [0.717, 1.165) is 11.3 Å². The molecule has 1 amide bonds. The van der Waals surface area contributed by atoms with Crippen LogP contribution in [0.1, 0.15) is 17.5 Å². The lowest BCUT2D eigenvalue weighted by atomic mass is 10.1. The van der Waals surface area contributed by atoms with Crippen molar-refractivity contribution in [2.75, 3.05) is 27.9 Å². The average molecular weight is 370 g/mol. The van der Waals surface area contributed by atoms with Crippen molar-refractivity contribution in [3.8, 4) is 23.0 Å². The van der Waals surface area contributed by atoms with E-state index in [1.165, 1.54) is 19.2 Å². The van der Waals surface area contributed by atoms with E-state index in [-0.39, 0.29) is 18.1 Å². The molecule has 0 aliphatic carbocycles. The molecule has 2 aromatic carbocycles. The molecular formula is C20H22N2O5. The largest absolute Gasteiger partial charge is 0.508 e. The van der Waals surface area contributed by atoms with E-state index in [4.69, 9.17) is 14.2 Å². The maximum atomic E-state index is 12.7. The quantitative estimate of drug-likeness (QED) is 0.845. The van der Waals surface area contributed by atoms with Gasteiger partial charge in [-0.3, -0.25) is 4.79 Å². The Balaban J connectivity index is 1.79.